The van der Waals surface area contributed by atoms with Crippen LogP contribution in [0.25, 0.3) is 0 Å². The van der Waals surface area contributed by atoms with E-state index in [1.54, 1.807) is 0 Å². The van der Waals surface area contributed by atoms with Gasteiger partial charge in [-0.25, -0.2) is 0 Å². The summed E-state index contributed by atoms with van der Waals surface area (Å²) in [5.41, 5.74) is 0. The van der Waals surface area contributed by atoms with E-state index in [1.165, 1.54) is 37.1 Å². The molecule has 21 heavy (non-hydrogen) atoms. The summed E-state index contributed by atoms with van der Waals surface area (Å²) >= 11 is 1.41. The van der Waals surface area contributed by atoms with Crippen LogP contribution in [0.2, 0.25) is 0 Å². The number of nitrogens with zero attached hydrogens (tertiary/aromatic N) is 2. The standard InChI is InChI=1S/C16H20N2O2S/c19-11-3-5-14-6-7-15(21-14)16(20)18-10-9-17-8-2-1-4-13(17)12-18/h6-7,13,19H,1-2,4,8-12H2. The molecule has 0 aliphatic carbocycles. The summed E-state index contributed by atoms with van der Waals surface area (Å²) in [5.74, 6) is 5.60. The molecule has 2 fully saturated rings. The molecule has 1 amide bonds. The molecule has 1 aromatic rings. The number of aliphatic hydroxyl groups excluding tert-OH is 1. The Morgan fingerprint density at radius 2 is 2.24 bits per heavy atom. The molecule has 0 saturated carbocycles. The molecule has 4 nitrogen and oxygen atoms in total. The number of piperidine rings is 1. The third-order valence-electron chi connectivity index (χ3n) is 4.23. The maximum absolute atomic E-state index is 12.6. The van der Waals surface area contributed by atoms with Crippen molar-refractivity contribution in [2.75, 3.05) is 32.8 Å². The van der Waals surface area contributed by atoms with Gasteiger partial charge >= 0.3 is 0 Å². The first kappa shape index (κ1) is 14.6. The maximum Gasteiger partial charge on any atom is 0.264 e. The molecule has 2 saturated heterocycles. The van der Waals surface area contributed by atoms with Gasteiger partial charge in [-0.15, -0.1) is 11.3 Å². The first-order valence-corrected chi connectivity index (χ1v) is 8.32. The third-order valence-corrected chi connectivity index (χ3v) is 5.22. The van der Waals surface area contributed by atoms with Gasteiger partial charge in [0.1, 0.15) is 6.61 Å². The summed E-state index contributed by atoms with van der Waals surface area (Å²) < 4.78 is 0. The van der Waals surface area contributed by atoms with Gasteiger partial charge in [-0.3, -0.25) is 9.69 Å². The quantitative estimate of drug-likeness (QED) is 0.798. The summed E-state index contributed by atoms with van der Waals surface area (Å²) in [6, 6.07) is 4.25. The smallest absolute Gasteiger partial charge is 0.264 e. The van der Waals surface area contributed by atoms with Crippen LogP contribution in [-0.2, 0) is 0 Å². The van der Waals surface area contributed by atoms with Gasteiger partial charge < -0.3 is 10.0 Å². The zero-order valence-electron chi connectivity index (χ0n) is 12.0. The lowest BCUT2D eigenvalue weighted by atomic mass is 9.99. The van der Waals surface area contributed by atoms with Gasteiger partial charge in [0.2, 0.25) is 0 Å². The molecular weight excluding hydrogens is 284 g/mol. The van der Waals surface area contributed by atoms with Crippen molar-refractivity contribution in [1.82, 2.24) is 9.80 Å². The van der Waals surface area contributed by atoms with Crippen molar-refractivity contribution in [3.8, 4) is 11.8 Å². The van der Waals surface area contributed by atoms with Crippen LogP contribution < -0.4 is 0 Å². The summed E-state index contributed by atoms with van der Waals surface area (Å²) in [5, 5.41) is 8.71. The van der Waals surface area contributed by atoms with Gasteiger partial charge in [0, 0.05) is 25.7 Å². The summed E-state index contributed by atoms with van der Waals surface area (Å²) in [6.45, 7) is 3.72. The van der Waals surface area contributed by atoms with Crippen molar-refractivity contribution < 1.29 is 9.90 Å². The van der Waals surface area contributed by atoms with E-state index < -0.39 is 0 Å². The largest absolute Gasteiger partial charge is 0.384 e. The Balaban J connectivity index is 1.66. The van der Waals surface area contributed by atoms with Crippen molar-refractivity contribution in [3.63, 3.8) is 0 Å². The predicted octanol–water partition coefficient (Wildman–Crippen LogP) is 1.40. The van der Waals surface area contributed by atoms with E-state index >= 15 is 0 Å². The molecule has 0 radical (unpaired) electrons. The minimum Gasteiger partial charge on any atom is -0.384 e. The first-order chi connectivity index (χ1) is 10.3. The summed E-state index contributed by atoms with van der Waals surface area (Å²) in [7, 11) is 0. The van der Waals surface area contributed by atoms with E-state index in [4.69, 9.17) is 5.11 Å². The van der Waals surface area contributed by atoms with E-state index in [2.05, 4.69) is 16.7 Å². The average molecular weight is 304 g/mol. The molecule has 3 heterocycles. The highest BCUT2D eigenvalue weighted by Gasteiger charge is 2.31. The highest BCUT2D eigenvalue weighted by Crippen LogP contribution is 2.24. The number of hydrogen-bond acceptors (Lipinski definition) is 4. The molecule has 2 aliphatic heterocycles. The maximum atomic E-state index is 12.6. The fraction of sp³-hybridized carbons (Fsp3) is 0.562. The van der Waals surface area contributed by atoms with Crippen LogP contribution in [0.4, 0.5) is 0 Å². The molecule has 2 aliphatic rings. The van der Waals surface area contributed by atoms with Crippen molar-refractivity contribution in [2.45, 2.75) is 25.3 Å². The van der Waals surface area contributed by atoms with Crippen LogP contribution in [0.3, 0.4) is 0 Å². The Morgan fingerprint density at radius 1 is 1.33 bits per heavy atom. The number of carbonyl (C=O) groups is 1. The second kappa shape index (κ2) is 6.61. The minimum absolute atomic E-state index is 0.127. The minimum atomic E-state index is -0.148. The van der Waals surface area contributed by atoms with Crippen LogP contribution in [-0.4, -0.2) is 59.6 Å². The topological polar surface area (TPSA) is 43.8 Å². The molecule has 112 valence electrons. The number of aliphatic hydroxyl groups is 1. The molecule has 5 heteroatoms. The van der Waals surface area contributed by atoms with Crippen LogP contribution in [0.5, 0.6) is 0 Å². The molecule has 1 N–H and O–H groups in total. The Kier molecular flexibility index (Phi) is 4.59. The zero-order chi connectivity index (χ0) is 14.7. The number of piperazine rings is 1. The van der Waals surface area contributed by atoms with Crippen LogP contribution in [0, 0.1) is 11.8 Å². The van der Waals surface area contributed by atoms with Gasteiger partial charge in [-0.05, 0) is 31.5 Å². The summed E-state index contributed by atoms with van der Waals surface area (Å²) in [6.07, 6.45) is 3.78. The average Bonchev–Trinajstić information content (AvgIpc) is 3.00. The Morgan fingerprint density at radius 3 is 3.10 bits per heavy atom. The van der Waals surface area contributed by atoms with Gasteiger partial charge in [0.05, 0.1) is 9.75 Å². The van der Waals surface area contributed by atoms with Gasteiger partial charge in [0.25, 0.3) is 5.91 Å². The SMILES string of the molecule is O=C(c1ccc(C#CCO)s1)N1CCN2CCCCC2C1. The Labute approximate surface area is 129 Å². The van der Waals surface area contributed by atoms with Crippen molar-refractivity contribution >= 4 is 17.2 Å². The lowest BCUT2D eigenvalue weighted by molar-refractivity contribution is 0.0376. The Hall–Kier alpha value is -1.35. The van der Waals surface area contributed by atoms with E-state index in [9.17, 15) is 4.79 Å². The first-order valence-electron chi connectivity index (χ1n) is 7.51. The Bertz CT molecular complexity index is 572. The van der Waals surface area contributed by atoms with Crippen LogP contribution >= 0.6 is 11.3 Å². The van der Waals surface area contributed by atoms with Gasteiger partial charge in [-0.2, -0.15) is 0 Å². The van der Waals surface area contributed by atoms with Crippen LogP contribution in [0.15, 0.2) is 12.1 Å². The lowest BCUT2D eigenvalue weighted by Crippen LogP contribution is -2.56. The van der Waals surface area contributed by atoms with Crippen LogP contribution in [0.1, 0.15) is 33.8 Å². The molecule has 0 bridgehead atoms. The second-order valence-electron chi connectivity index (χ2n) is 5.56. The summed E-state index contributed by atoms with van der Waals surface area (Å²) in [4.78, 5) is 18.7. The molecule has 0 aromatic carbocycles. The molecular formula is C16H20N2O2S. The highest BCUT2D eigenvalue weighted by atomic mass is 32.1. The number of rotatable bonds is 1. The molecule has 3 rings (SSSR count). The van der Waals surface area contributed by atoms with Crippen molar-refractivity contribution in [1.29, 1.82) is 0 Å². The van der Waals surface area contributed by atoms with E-state index in [0.717, 1.165) is 29.4 Å². The molecule has 1 aromatic heterocycles. The van der Waals surface area contributed by atoms with Gasteiger partial charge in [-0.1, -0.05) is 18.3 Å². The van der Waals surface area contributed by atoms with Crippen molar-refractivity contribution in [2.24, 2.45) is 0 Å². The van der Waals surface area contributed by atoms with Gasteiger partial charge in [0.15, 0.2) is 0 Å². The zero-order valence-corrected chi connectivity index (χ0v) is 12.9. The number of carbonyl (C=O) groups excluding carboxylic acids is 1. The molecule has 0 spiro atoms. The fourth-order valence-electron chi connectivity index (χ4n) is 3.14. The molecule has 1 atom stereocenters. The number of hydrogen-bond donors (Lipinski definition) is 1. The van der Waals surface area contributed by atoms with E-state index in [-0.39, 0.29) is 12.5 Å². The number of thiophene rings is 1. The normalized spacial score (nSPS) is 22.3. The fourth-order valence-corrected chi connectivity index (χ4v) is 3.99. The number of amides is 1. The molecule has 1 unspecified atom stereocenters. The van der Waals surface area contributed by atoms with Crippen molar-refractivity contribution in [3.05, 3.63) is 21.9 Å². The lowest BCUT2D eigenvalue weighted by Gasteiger charge is -2.43. The third kappa shape index (κ3) is 3.29. The number of fused-ring (bicyclic) bond motifs is 1. The predicted molar refractivity (Wildman–Crippen MR) is 83.4 cm³/mol. The highest BCUT2D eigenvalue weighted by molar-refractivity contribution is 7.14. The second-order valence-corrected chi connectivity index (χ2v) is 6.64. The monoisotopic (exact) mass is 304 g/mol. The van der Waals surface area contributed by atoms with E-state index in [0.29, 0.717) is 6.04 Å². The van der Waals surface area contributed by atoms with E-state index in [1.807, 2.05) is 17.0 Å².